The molecule has 1 heterocycles. The summed E-state index contributed by atoms with van der Waals surface area (Å²) in [6, 6.07) is 7.25. The third kappa shape index (κ3) is 6.32. The fraction of sp³-hybridized carbons (Fsp3) is 0.632. The van der Waals surface area contributed by atoms with Crippen LogP contribution in [0.4, 0.5) is 0 Å². The van der Waals surface area contributed by atoms with Gasteiger partial charge in [0.1, 0.15) is 0 Å². The first kappa shape index (κ1) is 22.4. The summed E-state index contributed by atoms with van der Waals surface area (Å²) in [4.78, 5) is 5.01. The zero-order valence-corrected chi connectivity index (χ0v) is 19.1. The van der Waals surface area contributed by atoms with Crippen LogP contribution in [-0.4, -0.2) is 44.9 Å². The molecule has 0 spiro atoms. The van der Waals surface area contributed by atoms with Crippen LogP contribution in [0, 0.1) is 5.92 Å². The van der Waals surface area contributed by atoms with Gasteiger partial charge in [-0.3, -0.25) is 0 Å². The highest BCUT2D eigenvalue weighted by molar-refractivity contribution is 14.0. The molecule has 2 fully saturated rings. The molecular formula is C19H31IN4O2S. The van der Waals surface area contributed by atoms with Gasteiger partial charge in [0.2, 0.25) is 10.0 Å². The molecule has 2 N–H and O–H groups in total. The van der Waals surface area contributed by atoms with Gasteiger partial charge in [0, 0.05) is 26.2 Å². The van der Waals surface area contributed by atoms with Crippen LogP contribution in [0.1, 0.15) is 44.6 Å². The fourth-order valence-corrected chi connectivity index (χ4v) is 4.93. The van der Waals surface area contributed by atoms with E-state index in [1.54, 1.807) is 16.4 Å². The average Bonchev–Trinajstić information content (AvgIpc) is 3.49. The number of hydrogen-bond donors (Lipinski definition) is 2. The van der Waals surface area contributed by atoms with E-state index in [1.165, 1.54) is 12.8 Å². The monoisotopic (exact) mass is 506 g/mol. The number of sulfonamides is 1. The second-order valence-electron chi connectivity index (χ2n) is 7.09. The normalized spacial score (nSPS) is 18.6. The van der Waals surface area contributed by atoms with Crippen LogP contribution >= 0.6 is 24.0 Å². The van der Waals surface area contributed by atoms with Gasteiger partial charge in [0.25, 0.3) is 0 Å². The molecule has 0 amide bonds. The van der Waals surface area contributed by atoms with Crippen molar-refractivity contribution in [3.8, 4) is 0 Å². The molecule has 1 saturated heterocycles. The number of piperidine rings is 1. The minimum Gasteiger partial charge on any atom is -0.357 e. The largest absolute Gasteiger partial charge is 0.357 e. The van der Waals surface area contributed by atoms with Crippen LogP contribution < -0.4 is 10.6 Å². The molecule has 8 heteroatoms. The summed E-state index contributed by atoms with van der Waals surface area (Å²) in [6.07, 6.45) is 5.55. The quantitative estimate of drug-likeness (QED) is 0.339. The van der Waals surface area contributed by atoms with E-state index in [-0.39, 0.29) is 24.0 Å². The van der Waals surface area contributed by atoms with E-state index >= 15 is 0 Å². The van der Waals surface area contributed by atoms with Crippen molar-refractivity contribution in [3.05, 3.63) is 29.8 Å². The Balaban J connectivity index is 0.00000261. The highest BCUT2D eigenvalue weighted by atomic mass is 127. The minimum atomic E-state index is -3.45. The SMILES string of the molecule is CCNC(=NCc1ccccc1S(=O)(=O)N1CCCCC1)NCC1CC1.I. The van der Waals surface area contributed by atoms with Gasteiger partial charge in [-0.2, -0.15) is 4.31 Å². The van der Waals surface area contributed by atoms with Gasteiger partial charge < -0.3 is 10.6 Å². The highest BCUT2D eigenvalue weighted by Crippen LogP contribution is 2.27. The molecule has 1 aromatic rings. The van der Waals surface area contributed by atoms with Crippen LogP contribution in [0.5, 0.6) is 0 Å². The number of hydrogen-bond acceptors (Lipinski definition) is 3. The fourth-order valence-electron chi connectivity index (χ4n) is 3.20. The van der Waals surface area contributed by atoms with Gasteiger partial charge in [-0.1, -0.05) is 24.6 Å². The van der Waals surface area contributed by atoms with Gasteiger partial charge in [-0.05, 0) is 50.2 Å². The van der Waals surface area contributed by atoms with Gasteiger partial charge in [0.15, 0.2) is 5.96 Å². The topological polar surface area (TPSA) is 73.8 Å². The first-order valence-electron chi connectivity index (χ1n) is 9.71. The Labute approximate surface area is 180 Å². The highest BCUT2D eigenvalue weighted by Gasteiger charge is 2.27. The minimum absolute atomic E-state index is 0. The summed E-state index contributed by atoms with van der Waals surface area (Å²) < 4.78 is 27.7. The smallest absolute Gasteiger partial charge is 0.243 e. The maximum absolute atomic E-state index is 13.0. The predicted octanol–water partition coefficient (Wildman–Crippen LogP) is 2.94. The van der Waals surface area contributed by atoms with Crippen LogP contribution in [0.15, 0.2) is 34.2 Å². The predicted molar refractivity (Wildman–Crippen MR) is 120 cm³/mol. The molecule has 0 radical (unpaired) electrons. The Morgan fingerprint density at radius 2 is 1.85 bits per heavy atom. The zero-order valence-electron chi connectivity index (χ0n) is 16.0. The Morgan fingerprint density at radius 3 is 2.52 bits per heavy atom. The van der Waals surface area contributed by atoms with Gasteiger partial charge >= 0.3 is 0 Å². The first-order chi connectivity index (χ1) is 12.6. The van der Waals surface area contributed by atoms with E-state index in [0.717, 1.165) is 49.8 Å². The first-order valence-corrected chi connectivity index (χ1v) is 11.2. The van der Waals surface area contributed by atoms with Crippen LogP contribution in [0.3, 0.4) is 0 Å². The van der Waals surface area contributed by atoms with Crippen LogP contribution in [0.25, 0.3) is 0 Å². The van der Waals surface area contributed by atoms with E-state index in [0.29, 0.717) is 24.5 Å². The molecule has 2 aliphatic rings. The Kier molecular flexibility index (Phi) is 8.81. The lowest BCUT2D eigenvalue weighted by molar-refractivity contribution is 0.346. The van der Waals surface area contributed by atoms with Crippen LogP contribution in [0.2, 0.25) is 0 Å². The lowest BCUT2D eigenvalue weighted by atomic mass is 10.2. The standard InChI is InChI=1S/C19H30N4O2S.HI/c1-2-20-19(21-14-16-10-11-16)22-15-17-8-4-5-9-18(17)26(24,25)23-12-6-3-7-13-23;/h4-5,8-9,16H,2-3,6-7,10-15H2,1H3,(H2,20,21,22);1H. The number of nitrogens with one attached hydrogen (secondary N) is 2. The summed E-state index contributed by atoms with van der Waals surface area (Å²) >= 11 is 0. The molecule has 3 rings (SSSR count). The molecule has 1 aromatic carbocycles. The molecule has 152 valence electrons. The molecule has 1 aliphatic heterocycles. The maximum Gasteiger partial charge on any atom is 0.243 e. The third-order valence-electron chi connectivity index (χ3n) is 4.91. The maximum atomic E-state index is 13.0. The molecule has 0 aromatic heterocycles. The van der Waals surface area contributed by atoms with E-state index in [2.05, 4.69) is 15.6 Å². The van der Waals surface area contributed by atoms with Crippen molar-refractivity contribution in [1.29, 1.82) is 0 Å². The summed E-state index contributed by atoms with van der Waals surface area (Å²) in [5.41, 5.74) is 0.752. The van der Waals surface area contributed by atoms with Crippen molar-refractivity contribution < 1.29 is 8.42 Å². The average molecular weight is 506 g/mol. The Morgan fingerprint density at radius 1 is 1.15 bits per heavy atom. The number of benzene rings is 1. The van der Waals surface area contributed by atoms with Crippen molar-refractivity contribution in [1.82, 2.24) is 14.9 Å². The molecule has 1 aliphatic carbocycles. The van der Waals surface area contributed by atoms with Gasteiger partial charge in [-0.15, -0.1) is 24.0 Å². The van der Waals surface area contributed by atoms with Crippen molar-refractivity contribution in [2.24, 2.45) is 10.9 Å². The molecule has 1 saturated carbocycles. The molecule has 0 atom stereocenters. The second kappa shape index (κ2) is 10.6. The number of nitrogens with zero attached hydrogens (tertiary/aromatic N) is 2. The molecule has 6 nitrogen and oxygen atoms in total. The number of rotatable bonds is 7. The number of halogens is 1. The van der Waals surface area contributed by atoms with E-state index in [9.17, 15) is 8.42 Å². The molecule has 27 heavy (non-hydrogen) atoms. The van der Waals surface area contributed by atoms with Crippen molar-refractivity contribution in [3.63, 3.8) is 0 Å². The van der Waals surface area contributed by atoms with Crippen molar-refractivity contribution in [2.45, 2.75) is 50.5 Å². The number of guanidine groups is 1. The molecule has 0 bridgehead atoms. The second-order valence-corrected chi connectivity index (χ2v) is 9.00. The van der Waals surface area contributed by atoms with E-state index in [4.69, 9.17) is 0 Å². The summed E-state index contributed by atoms with van der Waals surface area (Å²) in [6.45, 7) is 5.33. The van der Waals surface area contributed by atoms with Crippen LogP contribution in [-0.2, 0) is 16.6 Å². The molecular weight excluding hydrogens is 475 g/mol. The van der Waals surface area contributed by atoms with E-state index in [1.807, 2.05) is 19.1 Å². The summed E-state index contributed by atoms with van der Waals surface area (Å²) in [5, 5.41) is 6.59. The van der Waals surface area contributed by atoms with Crippen molar-refractivity contribution >= 4 is 40.0 Å². The third-order valence-corrected chi connectivity index (χ3v) is 6.91. The Hall–Kier alpha value is -0.870. The lowest BCUT2D eigenvalue weighted by Gasteiger charge is -2.26. The van der Waals surface area contributed by atoms with Crippen molar-refractivity contribution in [2.75, 3.05) is 26.2 Å². The summed E-state index contributed by atoms with van der Waals surface area (Å²) in [7, 11) is -3.45. The zero-order chi connectivity index (χ0) is 18.4. The van der Waals surface area contributed by atoms with E-state index < -0.39 is 10.0 Å². The lowest BCUT2D eigenvalue weighted by Crippen LogP contribution is -2.38. The Bertz CT molecular complexity index is 729. The van der Waals surface area contributed by atoms with Gasteiger partial charge in [0.05, 0.1) is 11.4 Å². The summed E-state index contributed by atoms with van der Waals surface area (Å²) in [5.74, 6) is 1.51. The number of aliphatic imine (C=N–C) groups is 1. The molecule has 0 unspecified atom stereocenters. The van der Waals surface area contributed by atoms with Gasteiger partial charge in [-0.25, -0.2) is 13.4 Å².